The molecule has 0 bridgehead atoms. The van der Waals surface area contributed by atoms with E-state index in [0.717, 1.165) is 11.0 Å². The molecule has 0 aliphatic rings. The van der Waals surface area contributed by atoms with Gasteiger partial charge in [0.1, 0.15) is 18.0 Å². The summed E-state index contributed by atoms with van der Waals surface area (Å²) in [6.07, 6.45) is 0. The van der Waals surface area contributed by atoms with Crippen molar-refractivity contribution in [3.8, 4) is 5.75 Å². The van der Waals surface area contributed by atoms with E-state index in [1.54, 1.807) is 12.1 Å². The van der Waals surface area contributed by atoms with Crippen LogP contribution in [0.15, 0.2) is 54.6 Å². The lowest BCUT2D eigenvalue weighted by atomic mass is 10.1. The van der Waals surface area contributed by atoms with Crippen LogP contribution in [0.4, 0.5) is 5.69 Å². The third-order valence-electron chi connectivity index (χ3n) is 2.97. The molecule has 88 valence electrons. The maximum atomic E-state index is 9.31. The van der Waals surface area contributed by atoms with Gasteiger partial charge in [0, 0.05) is 17.7 Å². The summed E-state index contributed by atoms with van der Waals surface area (Å²) in [5.41, 5.74) is 2.50. The Morgan fingerprint density at radius 2 is 1.47 bits per heavy atom. The molecule has 2 heteroatoms. The number of aromatic hydroxyl groups is 1. The smallest absolute Gasteiger partial charge is 0.132 e. The maximum Gasteiger partial charge on any atom is 0.132 e. The summed E-state index contributed by atoms with van der Waals surface area (Å²) in [6.45, 7) is 0.936. The summed E-state index contributed by atoms with van der Waals surface area (Å²) in [7, 11) is 4.33. The largest absolute Gasteiger partial charge is 0.508 e. The summed E-state index contributed by atoms with van der Waals surface area (Å²) in [5, 5.41) is 9.31. The zero-order chi connectivity index (χ0) is 12.3. The zero-order valence-corrected chi connectivity index (χ0v) is 10.3. The highest BCUT2D eigenvalue weighted by Crippen LogP contribution is 2.24. The van der Waals surface area contributed by atoms with Crippen molar-refractivity contribution in [1.29, 1.82) is 0 Å². The number of rotatable bonds is 3. The van der Waals surface area contributed by atoms with E-state index in [2.05, 4.69) is 38.4 Å². The molecule has 0 radical (unpaired) electrons. The highest BCUT2D eigenvalue weighted by atomic mass is 16.3. The van der Waals surface area contributed by atoms with Crippen LogP contribution in [0.5, 0.6) is 5.75 Å². The van der Waals surface area contributed by atoms with Gasteiger partial charge in [-0.05, 0) is 12.1 Å². The van der Waals surface area contributed by atoms with Crippen LogP contribution in [0.3, 0.4) is 0 Å². The van der Waals surface area contributed by atoms with E-state index in [4.69, 9.17) is 0 Å². The molecule has 17 heavy (non-hydrogen) atoms. The molecule has 0 aliphatic carbocycles. The maximum absolute atomic E-state index is 9.31. The van der Waals surface area contributed by atoms with Gasteiger partial charge < -0.3 is 5.11 Å². The molecule has 2 aromatic rings. The van der Waals surface area contributed by atoms with Crippen molar-refractivity contribution >= 4 is 5.69 Å². The number of nitrogens with zero attached hydrogens (tertiary/aromatic N) is 1. The summed E-state index contributed by atoms with van der Waals surface area (Å²) in [6, 6.07) is 17.8. The van der Waals surface area contributed by atoms with Crippen molar-refractivity contribution in [3.63, 3.8) is 0 Å². The molecule has 0 saturated carbocycles. The SMILES string of the molecule is C[N+](C)(Cc1ccccc1)c1ccc(O)cc1. The van der Waals surface area contributed by atoms with Crippen LogP contribution < -0.4 is 4.48 Å². The van der Waals surface area contributed by atoms with E-state index < -0.39 is 0 Å². The van der Waals surface area contributed by atoms with Gasteiger partial charge in [-0.25, -0.2) is 0 Å². The Morgan fingerprint density at radius 3 is 2.06 bits per heavy atom. The first-order valence-corrected chi connectivity index (χ1v) is 5.74. The number of hydrogen-bond donors (Lipinski definition) is 1. The van der Waals surface area contributed by atoms with Crippen LogP contribution in [0.25, 0.3) is 0 Å². The van der Waals surface area contributed by atoms with Crippen molar-refractivity contribution in [2.75, 3.05) is 14.1 Å². The van der Waals surface area contributed by atoms with Crippen molar-refractivity contribution in [2.45, 2.75) is 6.54 Å². The van der Waals surface area contributed by atoms with Gasteiger partial charge in [0.05, 0.1) is 14.1 Å². The highest BCUT2D eigenvalue weighted by Gasteiger charge is 2.19. The van der Waals surface area contributed by atoms with E-state index >= 15 is 0 Å². The molecule has 2 nitrogen and oxygen atoms in total. The fraction of sp³-hybridized carbons (Fsp3) is 0.200. The van der Waals surface area contributed by atoms with Crippen LogP contribution in [-0.4, -0.2) is 19.2 Å². The molecule has 2 rings (SSSR count). The summed E-state index contributed by atoms with van der Waals surface area (Å²) >= 11 is 0. The molecule has 0 atom stereocenters. The molecule has 2 aromatic carbocycles. The number of benzene rings is 2. The van der Waals surface area contributed by atoms with Gasteiger partial charge in [-0.2, -0.15) is 0 Å². The van der Waals surface area contributed by atoms with Crippen molar-refractivity contribution < 1.29 is 5.11 Å². The molecule has 0 heterocycles. The molecule has 0 aliphatic heterocycles. The van der Waals surface area contributed by atoms with Crippen molar-refractivity contribution in [1.82, 2.24) is 4.48 Å². The van der Waals surface area contributed by atoms with Crippen LogP contribution in [0.2, 0.25) is 0 Å². The van der Waals surface area contributed by atoms with Gasteiger partial charge in [-0.3, -0.25) is 4.48 Å². The lowest BCUT2D eigenvalue weighted by molar-refractivity contribution is 0.391. The highest BCUT2D eigenvalue weighted by molar-refractivity contribution is 5.45. The first-order valence-electron chi connectivity index (χ1n) is 5.74. The predicted octanol–water partition coefficient (Wildman–Crippen LogP) is 3.16. The third-order valence-corrected chi connectivity index (χ3v) is 2.97. The molecule has 0 fully saturated rings. The van der Waals surface area contributed by atoms with Gasteiger partial charge in [-0.15, -0.1) is 0 Å². The molecular weight excluding hydrogens is 210 g/mol. The monoisotopic (exact) mass is 228 g/mol. The molecule has 1 N–H and O–H groups in total. The Hall–Kier alpha value is -1.80. The van der Waals surface area contributed by atoms with Gasteiger partial charge in [-0.1, -0.05) is 30.3 Å². The quantitative estimate of drug-likeness (QED) is 0.800. The average Bonchev–Trinajstić information content (AvgIpc) is 2.30. The normalized spacial score (nSPS) is 11.4. The second-order valence-electron chi connectivity index (χ2n) is 4.85. The molecule has 0 unspecified atom stereocenters. The van der Waals surface area contributed by atoms with Crippen LogP contribution >= 0.6 is 0 Å². The molecular formula is C15H18NO+. The Bertz CT molecular complexity index is 474. The number of quaternary nitrogens is 1. The topological polar surface area (TPSA) is 20.2 Å². The lowest BCUT2D eigenvalue weighted by Crippen LogP contribution is -2.39. The Labute approximate surface area is 102 Å². The van der Waals surface area contributed by atoms with Crippen LogP contribution in [-0.2, 0) is 6.54 Å². The molecule has 0 saturated heterocycles. The second kappa shape index (κ2) is 4.60. The Morgan fingerprint density at radius 1 is 0.882 bits per heavy atom. The summed E-state index contributed by atoms with van der Waals surface area (Å²) < 4.78 is 0.768. The average molecular weight is 228 g/mol. The summed E-state index contributed by atoms with van der Waals surface area (Å²) in [4.78, 5) is 0. The van der Waals surface area contributed by atoms with Crippen molar-refractivity contribution in [2.24, 2.45) is 0 Å². The van der Waals surface area contributed by atoms with E-state index in [9.17, 15) is 5.11 Å². The first kappa shape index (κ1) is 11.7. The standard InChI is InChI=1S/C15H17NO/c1-16(2,12-13-6-4-3-5-7-13)14-8-10-15(17)11-9-14/h3-11H,12H2,1-2H3/p+1. The zero-order valence-electron chi connectivity index (χ0n) is 10.3. The fourth-order valence-corrected chi connectivity index (χ4v) is 1.99. The third kappa shape index (κ3) is 2.86. The van der Waals surface area contributed by atoms with Gasteiger partial charge >= 0.3 is 0 Å². The second-order valence-corrected chi connectivity index (χ2v) is 4.85. The van der Waals surface area contributed by atoms with E-state index in [1.165, 1.54) is 11.3 Å². The van der Waals surface area contributed by atoms with E-state index in [0.29, 0.717) is 5.75 Å². The van der Waals surface area contributed by atoms with E-state index in [1.807, 2.05) is 18.2 Å². The van der Waals surface area contributed by atoms with Gasteiger partial charge in [0.25, 0.3) is 0 Å². The molecule has 0 aromatic heterocycles. The minimum atomic E-state index is 0.313. The fourth-order valence-electron chi connectivity index (χ4n) is 1.99. The Balaban J connectivity index is 2.21. The predicted molar refractivity (Wildman–Crippen MR) is 71.9 cm³/mol. The Kier molecular flexibility index (Phi) is 3.16. The lowest BCUT2D eigenvalue weighted by Gasteiger charge is -2.29. The van der Waals surface area contributed by atoms with Gasteiger partial charge in [0.15, 0.2) is 0 Å². The molecule has 0 amide bonds. The van der Waals surface area contributed by atoms with E-state index in [-0.39, 0.29) is 0 Å². The van der Waals surface area contributed by atoms with Crippen molar-refractivity contribution in [3.05, 3.63) is 60.2 Å². The number of hydrogen-bond acceptors (Lipinski definition) is 1. The van der Waals surface area contributed by atoms with Crippen LogP contribution in [0, 0.1) is 0 Å². The minimum absolute atomic E-state index is 0.313. The van der Waals surface area contributed by atoms with Gasteiger partial charge in [0.2, 0.25) is 0 Å². The van der Waals surface area contributed by atoms with Crippen LogP contribution in [0.1, 0.15) is 5.56 Å². The number of phenolic OH excluding ortho intramolecular Hbond substituents is 1. The first-order chi connectivity index (χ1) is 8.08. The molecule has 0 spiro atoms. The minimum Gasteiger partial charge on any atom is -0.508 e. The number of phenols is 1. The summed E-state index contributed by atoms with van der Waals surface area (Å²) in [5.74, 6) is 0.313.